The highest BCUT2D eigenvalue weighted by Crippen LogP contribution is 2.22. The van der Waals surface area contributed by atoms with Crippen LogP contribution in [0.3, 0.4) is 0 Å². The number of amidine groups is 1. The zero-order valence-corrected chi connectivity index (χ0v) is 12.3. The van der Waals surface area contributed by atoms with Crippen molar-refractivity contribution in [2.45, 2.75) is 19.4 Å². The smallest absolute Gasteiger partial charge is 0.152 e. The molecular weight excluding hydrogens is 260 g/mol. The minimum Gasteiger partial charge on any atom is -0.483 e. The van der Waals surface area contributed by atoms with Crippen molar-refractivity contribution in [2.24, 2.45) is 4.99 Å². The quantitative estimate of drug-likeness (QED) is 0.913. The number of nitrogens with zero attached hydrogens (tertiary/aromatic N) is 1. The molecule has 1 atom stereocenters. The van der Waals surface area contributed by atoms with Gasteiger partial charge in [-0.05, 0) is 24.1 Å². The minimum absolute atomic E-state index is 0.0376. The molecule has 1 unspecified atom stereocenters. The molecule has 0 aromatic heterocycles. The molecule has 108 valence electrons. The number of nitrogens with one attached hydrogen (secondary N) is 1. The summed E-state index contributed by atoms with van der Waals surface area (Å²) in [5.41, 5.74) is 2.49. The fraction of sp³-hybridized carbons (Fsp3) is 0.278. The van der Waals surface area contributed by atoms with E-state index in [9.17, 15) is 0 Å². The molecule has 3 rings (SSSR count). The van der Waals surface area contributed by atoms with Crippen molar-refractivity contribution in [3.63, 3.8) is 0 Å². The van der Waals surface area contributed by atoms with Gasteiger partial charge < -0.3 is 10.1 Å². The van der Waals surface area contributed by atoms with E-state index in [4.69, 9.17) is 4.74 Å². The van der Waals surface area contributed by atoms with Gasteiger partial charge in [0.2, 0.25) is 0 Å². The molecule has 3 nitrogen and oxygen atoms in total. The molecule has 1 heterocycles. The molecule has 21 heavy (non-hydrogen) atoms. The Balaban J connectivity index is 1.76. The predicted octanol–water partition coefficient (Wildman–Crippen LogP) is 3.05. The van der Waals surface area contributed by atoms with Crippen LogP contribution in [-0.2, 0) is 6.42 Å². The van der Waals surface area contributed by atoms with Gasteiger partial charge in [-0.1, -0.05) is 48.5 Å². The van der Waals surface area contributed by atoms with Gasteiger partial charge in [-0.15, -0.1) is 0 Å². The van der Waals surface area contributed by atoms with Crippen LogP contribution in [0.1, 0.15) is 18.1 Å². The molecule has 2 aromatic carbocycles. The van der Waals surface area contributed by atoms with Gasteiger partial charge in [0.05, 0.1) is 6.54 Å². The average Bonchev–Trinajstić information content (AvgIpc) is 3.05. The molecule has 0 fully saturated rings. The Bertz CT molecular complexity index is 622. The van der Waals surface area contributed by atoms with Gasteiger partial charge in [-0.3, -0.25) is 4.99 Å². The molecular formula is C18H20N2O. The van der Waals surface area contributed by atoms with Gasteiger partial charge in [0.25, 0.3) is 0 Å². The third kappa shape index (κ3) is 3.43. The first-order chi connectivity index (χ1) is 10.3. The van der Waals surface area contributed by atoms with Crippen molar-refractivity contribution in [2.75, 3.05) is 13.1 Å². The zero-order chi connectivity index (χ0) is 14.5. The van der Waals surface area contributed by atoms with Gasteiger partial charge in [-0.25, -0.2) is 0 Å². The highest BCUT2D eigenvalue weighted by Gasteiger charge is 2.16. The van der Waals surface area contributed by atoms with E-state index in [0.717, 1.165) is 31.1 Å². The first-order valence-corrected chi connectivity index (χ1v) is 7.39. The van der Waals surface area contributed by atoms with Gasteiger partial charge in [0.1, 0.15) is 11.6 Å². The summed E-state index contributed by atoms with van der Waals surface area (Å²) in [6.07, 6.45) is 0.841. The van der Waals surface area contributed by atoms with Crippen LogP contribution in [0, 0.1) is 0 Å². The van der Waals surface area contributed by atoms with Crippen LogP contribution in [0.15, 0.2) is 59.6 Å². The van der Waals surface area contributed by atoms with Crippen LogP contribution in [0.5, 0.6) is 5.75 Å². The summed E-state index contributed by atoms with van der Waals surface area (Å²) < 4.78 is 6.11. The maximum Gasteiger partial charge on any atom is 0.152 e. The topological polar surface area (TPSA) is 33.6 Å². The molecule has 0 saturated heterocycles. The van der Waals surface area contributed by atoms with Crippen LogP contribution >= 0.6 is 0 Å². The molecule has 0 spiro atoms. The van der Waals surface area contributed by atoms with Crippen molar-refractivity contribution in [1.82, 2.24) is 5.32 Å². The number of benzene rings is 2. The molecule has 1 aliphatic heterocycles. The maximum atomic E-state index is 6.11. The number of hydrogen-bond acceptors (Lipinski definition) is 3. The third-order valence-electron chi connectivity index (χ3n) is 3.60. The van der Waals surface area contributed by atoms with Crippen LogP contribution < -0.4 is 10.1 Å². The molecule has 0 radical (unpaired) electrons. The van der Waals surface area contributed by atoms with Crippen molar-refractivity contribution >= 4 is 5.84 Å². The molecule has 3 heteroatoms. The van der Waals surface area contributed by atoms with E-state index in [-0.39, 0.29) is 6.10 Å². The molecule has 0 saturated carbocycles. The number of ether oxygens (including phenoxy) is 1. The van der Waals surface area contributed by atoms with Crippen LogP contribution in [0.2, 0.25) is 0 Å². The van der Waals surface area contributed by atoms with Gasteiger partial charge in [0, 0.05) is 13.0 Å². The van der Waals surface area contributed by atoms with Gasteiger partial charge in [0.15, 0.2) is 6.10 Å². The standard InChI is InChI=1S/C18H20N2O/c1-14(18-19-11-12-20-18)21-17-10-6-5-9-16(17)13-15-7-3-2-4-8-15/h2-10,14H,11-13H2,1H3,(H,19,20). The largest absolute Gasteiger partial charge is 0.483 e. The van der Waals surface area contributed by atoms with Crippen molar-refractivity contribution in [3.8, 4) is 5.75 Å². The molecule has 2 aromatic rings. The van der Waals surface area contributed by atoms with E-state index in [1.54, 1.807) is 0 Å². The number of para-hydroxylation sites is 1. The maximum absolute atomic E-state index is 6.11. The Labute approximate surface area is 125 Å². The lowest BCUT2D eigenvalue weighted by Crippen LogP contribution is -2.33. The summed E-state index contributed by atoms with van der Waals surface area (Å²) in [7, 11) is 0. The lowest BCUT2D eigenvalue weighted by atomic mass is 10.0. The van der Waals surface area contributed by atoms with Gasteiger partial charge in [-0.2, -0.15) is 0 Å². The Hall–Kier alpha value is -2.29. The second-order valence-electron chi connectivity index (χ2n) is 5.22. The summed E-state index contributed by atoms with van der Waals surface area (Å²) in [5, 5.41) is 3.27. The average molecular weight is 280 g/mol. The van der Waals surface area contributed by atoms with E-state index in [1.165, 1.54) is 11.1 Å². The second kappa shape index (κ2) is 6.44. The monoisotopic (exact) mass is 280 g/mol. The number of rotatable bonds is 5. The Morgan fingerprint density at radius 2 is 1.86 bits per heavy atom. The fourth-order valence-corrected chi connectivity index (χ4v) is 2.52. The molecule has 0 aliphatic carbocycles. The van der Waals surface area contributed by atoms with Crippen molar-refractivity contribution in [3.05, 3.63) is 65.7 Å². The SMILES string of the molecule is CC(Oc1ccccc1Cc1ccccc1)C1=NCCN1. The molecule has 1 aliphatic rings. The summed E-state index contributed by atoms with van der Waals surface area (Å²) in [6.45, 7) is 3.79. The molecule has 0 amide bonds. The van der Waals surface area contributed by atoms with Crippen molar-refractivity contribution < 1.29 is 4.74 Å². The highest BCUT2D eigenvalue weighted by atomic mass is 16.5. The number of hydrogen-bond donors (Lipinski definition) is 1. The first kappa shape index (κ1) is 13.7. The predicted molar refractivity (Wildman–Crippen MR) is 86.1 cm³/mol. The van der Waals surface area contributed by atoms with Crippen LogP contribution in [0.25, 0.3) is 0 Å². The van der Waals surface area contributed by atoms with E-state index < -0.39 is 0 Å². The Morgan fingerprint density at radius 1 is 1.10 bits per heavy atom. The third-order valence-corrected chi connectivity index (χ3v) is 3.60. The Kier molecular flexibility index (Phi) is 4.20. The lowest BCUT2D eigenvalue weighted by molar-refractivity contribution is 0.281. The first-order valence-electron chi connectivity index (χ1n) is 7.39. The van der Waals surface area contributed by atoms with E-state index in [0.29, 0.717) is 0 Å². The summed E-state index contributed by atoms with van der Waals surface area (Å²) in [6, 6.07) is 18.7. The van der Waals surface area contributed by atoms with E-state index in [1.807, 2.05) is 25.1 Å². The second-order valence-corrected chi connectivity index (χ2v) is 5.22. The zero-order valence-electron chi connectivity index (χ0n) is 12.3. The van der Waals surface area contributed by atoms with Gasteiger partial charge >= 0.3 is 0 Å². The van der Waals surface area contributed by atoms with Crippen LogP contribution in [0.4, 0.5) is 0 Å². The highest BCUT2D eigenvalue weighted by molar-refractivity contribution is 5.87. The normalized spacial score (nSPS) is 15.2. The van der Waals surface area contributed by atoms with E-state index >= 15 is 0 Å². The summed E-state index contributed by atoms with van der Waals surface area (Å²) in [4.78, 5) is 4.43. The number of aliphatic imine (C=N–C) groups is 1. The molecule has 0 bridgehead atoms. The van der Waals surface area contributed by atoms with Crippen LogP contribution in [-0.4, -0.2) is 25.0 Å². The fourth-order valence-electron chi connectivity index (χ4n) is 2.52. The summed E-state index contributed by atoms with van der Waals surface area (Å²) >= 11 is 0. The Morgan fingerprint density at radius 3 is 2.62 bits per heavy atom. The minimum atomic E-state index is -0.0376. The summed E-state index contributed by atoms with van der Waals surface area (Å²) in [5.74, 6) is 1.88. The lowest BCUT2D eigenvalue weighted by Gasteiger charge is -2.18. The van der Waals surface area contributed by atoms with E-state index in [2.05, 4.69) is 46.7 Å². The van der Waals surface area contributed by atoms with Crippen molar-refractivity contribution in [1.29, 1.82) is 0 Å². The molecule has 1 N–H and O–H groups in total.